The van der Waals surface area contributed by atoms with Gasteiger partial charge in [-0.05, 0) is 6.92 Å². The Bertz CT molecular complexity index is 637. The zero-order valence-corrected chi connectivity index (χ0v) is 11.4. The van der Waals surface area contributed by atoms with E-state index in [1.165, 1.54) is 10.8 Å². The molecule has 4 N–H and O–H groups in total. The van der Waals surface area contributed by atoms with Crippen LogP contribution in [-0.2, 0) is 14.3 Å². The van der Waals surface area contributed by atoms with Crippen LogP contribution in [0.5, 0.6) is 0 Å². The number of aromatic nitrogens is 2. The van der Waals surface area contributed by atoms with Gasteiger partial charge in [0, 0.05) is 18.2 Å². The molecule has 116 valence electrons. The number of carbonyl (C=O) groups excluding carboxylic acids is 1. The molecule has 0 unspecified atom stereocenters. The zero-order valence-electron chi connectivity index (χ0n) is 11.4. The van der Waals surface area contributed by atoms with Gasteiger partial charge in [0.1, 0.15) is 18.9 Å². The second kappa shape index (κ2) is 6.20. The molecule has 0 spiro atoms. The van der Waals surface area contributed by atoms with Crippen molar-refractivity contribution in [2.24, 2.45) is 5.73 Å². The van der Waals surface area contributed by atoms with Gasteiger partial charge < -0.3 is 20.3 Å². The highest BCUT2D eigenvalue weighted by Gasteiger charge is 2.36. The number of aryl methyl sites for hydroxylation is 1. The summed E-state index contributed by atoms with van der Waals surface area (Å²) in [7, 11) is 0. The number of aromatic amines is 1. The maximum Gasteiger partial charge on any atom is 0.330 e. The Morgan fingerprint density at radius 3 is 3.00 bits per heavy atom. The first-order valence-corrected chi connectivity index (χ1v) is 6.43. The molecule has 9 nitrogen and oxygen atoms in total. The van der Waals surface area contributed by atoms with E-state index in [-0.39, 0.29) is 19.6 Å². The SMILES string of the molecule is Cc1cn([C@H]2C[C@H](O)[C@@H](COC(=O)CN)O2)c(=O)[nH]c1=O. The molecule has 1 aliphatic rings. The molecule has 9 heteroatoms. The number of H-pyrrole nitrogens is 1. The van der Waals surface area contributed by atoms with Crippen LogP contribution in [0.25, 0.3) is 0 Å². The molecular formula is C12H17N3O6. The Labute approximate surface area is 119 Å². The summed E-state index contributed by atoms with van der Waals surface area (Å²) in [5, 5.41) is 9.89. The molecule has 0 radical (unpaired) electrons. The van der Waals surface area contributed by atoms with Gasteiger partial charge in [0.2, 0.25) is 0 Å². The summed E-state index contributed by atoms with van der Waals surface area (Å²) in [6, 6.07) is 0. The van der Waals surface area contributed by atoms with E-state index in [0.29, 0.717) is 5.56 Å². The van der Waals surface area contributed by atoms with Gasteiger partial charge in [-0.15, -0.1) is 0 Å². The van der Waals surface area contributed by atoms with Crippen molar-refractivity contribution in [3.63, 3.8) is 0 Å². The quantitative estimate of drug-likeness (QED) is 0.546. The predicted octanol–water partition coefficient (Wildman–Crippen LogP) is -2.00. The second-order valence-electron chi connectivity index (χ2n) is 4.80. The molecule has 0 aliphatic carbocycles. The number of nitrogens with zero attached hydrogens (tertiary/aromatic N) is 1. The van der Waals surface area contributed by atoms with Crippen LogP contribution in [0.2, 0.25) is 0 Å². The number of rotatable bonds is 4. The fraction of sp³-hybridized carbons (Fsp3) is 0.583. The highest BCUT2D eigenvalue weighted by Crippen LogP contribution is 2.27. The van der Waals surface area contributed by atoms with Crippen LogP contribution in [0.4, 0.5) is 0 Å². The van der Waals surface area contributed by atoms with Crippen molar-refractivity contribution in [1.29, 1.82) is 0 Å². The lowest BCUT2D eigenvalue weighted by molar-refractivity contribution is -0.148. The fourth-order valence-electron chi connectivity index (χ4n) is 2.07. The van der Waals surface area contributed by atoms with Crippen LogP contribution in [0.15, 0.2) is 15.8 Å². The van der Waals surface area contributed by atoms with Crippen molar-refractivity contribution in [1.82, 2.24) is 9.55 Å². The molecule has 0 saturated carbocycles. The first-order chi connectivity index (χ1) is 9.92. The summed E-state index contributed by atoms with van der Waals surface area (Å²) < 4.78 is 11.5. The van der Waals surface area contributed by atoms with Crippen LogP contribution >= 0.6 is 0 Å². The topological polar surface area (TPSA) is 137 Å². The third-order valence-corrected chi connectivity index (χ3v) is 3.24. The summed E-state index contributed by atoms with van der Waals surface area (Å²) in [5.74, 6) is -0.605. The van der Waals surface area contributed by atoms with Crippen LogP contribution < -0.4 is 17.0 Å². The van der Waals surface area contributed by atoms with Gasteiger partial charge in [0.25, 0.3) is 5.56 Å². The molecule has 2 heterocycles. The molecule has 1 aromatic rings. The molecule has 0 amide bonds. The average molecular weight is 299 g/mol. The number of hydrogen-bond acceptors (Lipinski definition) is 7. The minimum absolute atomic E-state index is 0.148. The first-order valence-electron chi connectivity index (χ1n) is 6.43. The van der Waals surface area contributed by atoms with Gasteiger partial charge in [-0.2, -0.15) is 0 Å². The Morgan fingerprint density at radius 1 is 1.62 bits per heavy atom. The lowest BCUT2D eigenvalue weighted by Gasteiger charge is -2.16. The minimum Gasteiger partial charge on any atom is -0.462 e. The second-order valence-corrected chi connectivity index (χ2v) is 4.80. The van der Waals surface area contributed by atoms with E-state index in [0.717, 1.165) is 0 Å². The number of hydrogen-bond donors (Lipinski definition) is 3. The molecule has 2 rings (SSSR count). The van der Waals surface area contributed by atoms with E-state index < -0.39 is 35.7 Å². The predicted molar refractivity (Wildman–Crippen MR) is 70.6 cm³/mol. The molecule has 1 saturated heterocycles. The maximum atomic E-state index is 11.7. The van der Waals surface area contributed by atoms with E-state index in [1.807, 2.05) is 0 Å². The number of aliphatic hydroxyl groups is 1. The van der Waals surface area contributed by atoms with Crippen LogP contribution in [-0.4, -0.2) is 46.0 Å². The number of carbonyl (C=O) groups is 1. The summed E-state index contributed by atoms with van der Waals surface area (Å²) >= 11 is 0. The van der Waals surface area contributed by atoms with Crippen molar-refractivity contribution < 1.29 is 19.4 Å². The third-order valence-electron chi connectivity index (χ3n) is 3.24. The highest BCUT2D eigenvalue weighted by molar-refractivity contribution is 5.71. The zero-order chi connectivity index (χ0) is 15.6. The third kappa shape index (κ3) is 3.38. The molecular weight excluding hydrogens is 282 g/mol. The Balaban J connectivity index is 2.10. The Morgan fingerprint density at radius 2 is 2.33 bits per heavy atom. The number of nitrogens with two attached hydrogens (primary N) is 1. The lowest BCUT2D eigenvalue weighted by atomic mass is 10.2. The van der Waals surface area contributed by atoms with Gasteiger partial charge in [0.05, 0.1) is 12.6 Å². The molecule has 0 aromatic carbocycles. The standard InChI is InChI=1S/C12H17N3O6/c1-6-4-15(12(19)14-11(6)18)9-2-7(16)8(21-9)5-20-10(17)3-13/h4,7-9,16H,2-3,5,13H2,1H3,(H,14,18,19)/t7-,8+,9+/m0/s1. The van der Waals surface area contributed by atoms with Crippen molar-refractivity contribution in [2.45, 2.75) is 31.8 Å². The van der Waals surface area contributed by atoms with E-state index in [9.17, 15) is 19.5 Å². The van der Waals surface area contributed by atoms with Crippen molar-refractivity contribution in [3.8, 4) is 0 Å². The molecule has 1 aliphatic heterocycles. The van der Waals surface area contributed by atoms with Gasteiger partial charge in [-0.25, -0.2) is 4.79 Å². The van der Waals surface area contributed by atoms with Crippen LogP contribution in [0.1, 0.15) is 18.2 Å². The Kier molecular flexibility index (Phi) is 4.56. The molecule has 21 heavy (non-hydrogen) atoms. The molecule has 3 atom stereocenters. The number of ether oxygens (including phenoxy) is 2. The van der Waals surface area contributed by atoms with E-state index in [2.05, 4.69) is 4.98 Å². The maximum absolute atomic E-state index is 11.7. The fourth-order valence-corrected chi connectivity index (χ4v) is 2.07. The smallest absolute Gasteiger partial charge is 0.330 e. The molecule has 1 aromatic heterocycles. The largest absolute Gasteiger partial charge is 0.462 e. The number of nitrogens with one attached hydrogen (secondary N) is 1. The van der Waals surface area contributed by atoms with Gasteiger partial charge >= 0.3 is 11.7 Å². The number of esters is 1. The summed E-state index contributed by atoms with van der Waals surface area (Å²) in [4.78, 5) is 36.2. The van der Waals surface area contributed by atoms with Crippen molar-refractivity contribution in [3.05, 3.63) is 32.6 Å². The van der Waals surface area contributed by atoms with E-state index in [1.54, 1.807) is 6.92 Å². The van der Waals surface area contributed by atoms with Crippen LogP contribution in [0, 0.1) is 6.92 Å². The van der Waals surface area contributed by atoms with Gasteiger partial charge in [-0.1, -0.05) is 0 Å². The summed E-state index contributed by atoms with van der Waals surface area (Å²) in [5.41, 5.74) is 4.36. The molecule has 1 fully saturated rings. The first kappa shape index (κ1) is 15.4. The summed E-state index contributed by atoms with van der Waals surface area (Å²) in [6.45, 7) is 1.15. The minimum atomic E-state index is -0.889. The van der Waals surface area contributed by atoms with Crippen molar-refractivity contribution in [2.75, 3.05) is 13.2 Å². The lowest BCUT2D eigenvalue weighted by Crippen LogP contribution is -2.33. The van der Waals surface area contributed by atoms with Gasteiger partial charge in [-0.3, -0.25) is 19.1 Å². The Hall–Kier alpha value is -1.97. The normalized spacial score (nSPS) is 25.0. The van der Waals surface area contributed by atoms with Crippen LogP contribution in [0.3, 0.4) is 0 Å². The van der Waals surface area contributed by atoms with E-state index in [4.69, 9.17) is 15.2 Å². The van der Waals surface area contributed by atoms with E-state index >= 15 is 0 Å². The average Bonchev–Trinajstić information content (AvgIpc) is 2.81. The monoisotopic (exact) mass is 299 g/mol. The molecule has 0 bridgehead atoms. The number of aliphatic hydroxyl groups excluding tert-OH is 1. The van der Waals surface area contributed by atoms with Crippen molar-refractivity contribution >= 4 is 5.97 Å². The summed E-state index contributed by atoms with van der Waals surface area (Å²) in [6.07, 6.45) is -0.850. The van der Waals surface area contributed by atoms with Gasteiger partial charge in [0.15, 0.2) is 0 Å². The highest BCUT2D eigenvalue weighted by atomic mass is 16.6.